The molecule has 36 heavy (non-hydrogen) atoms. The molecule has 3 N–H and O–H groups in total. The highest BCUT2D eigenvalue weighted by atomic mass is 16.4. The lowest BCUT2D eigenvalue weighted by Crippen LogP contribution is -2.46. The fourth-order valence-electron chi connectivity index (χ4n) is 4.69. The number of benzene rings is 1. The highest BCUT2D eigenvalue weighted by Gasteiger charge is 2.30. The Labute approximate surface area is 207 Å². The fraction of sp³-hybridized carbons (Fsp3) is 0.296. The summed E-state index contributed by atoms with van der Waals surface area (Å²) in [4.78, 5) is 47.1. The molecular formula is C27H27N5O4. The monoisotopic (exact) mass is 485 g/mol. The topological polar surface area (TPSA) is 125 Å². The second-order valence-corrected chi connectivity index (χ2v) is 9.10. The molecule has 2 aromatic carbocycles. The average Bonchev–Trinajstić information content (AvgIpc) is 3.18. The van der Waals surface area contributed by atoms with E-state index in [1.807, 2.05) is 41.3 Å². The van der Waals surface area contributed by atoms with Crippen LogP contribution in [0.4, 0.5) is 22.9 Å². The molecule has 1 aliphatic heterocycles. The van der Waals surface area contributed by atoms with Gasteiger partial charge in [0.25, 0.3) is 10.9 Å². The number of carbonyl (C=O) groups is 1. The van der Waals surface area contributed by atoms with E-state index >= 15 is 0 Å². The van der Waals surface area contributed by atoms with Crippen molar-refractivity contribution in [1.29, 1.82) is 0 Å². The summed E-state index contributed by atoms with van der Waals surface area (Å²) in [6.45, 7) is 1.40. The molecule has 5 rings (SSSR count). The van der Waals surface area contributed by atoms with Gasteiger partial charge in [0, 0.05) is 49.2 Å². The molecule has 2 aromatic heterocycles. The van der Waals surface area contributed by atoms with Crippen LogP contribution in [0.1, 0.15) is 31.2 Å². The Morgan fingerprint density at radius 2 is 1.69 bits per heavy atom. The zero-order valence-electron chi connectivity index (χ0n) is 19.7. The van der Waals surface area contributed by atoms with Gasteiger partial charge in [-0.3, -0.25) is 14.6 Å². The van der Waals surface area contributed by atoms with E-state index in [2.05, 4.69) is 20.6 Å². The predicted octanol–water partition coefficient (Wildman–Crippen LogP) is 3.46. The molecule has 1 saturated heterocycles. The molecule has 1 fully saturated rings. The minimum Gasteiger partial charge on any atom is -0.480 e. The Morgan fingerprint density at radius 1 is 0.972 bits per heavy atom. The summed E-state index contributed by atoms with van der Waals surface area (Å²) in [5.41, 5.74) is 0.873. The Morgan fingerprint density at radius 3 is 2.42 bits per heavy atom. The standard InChI is InChI=1S/C27H27N5O4/c33-24-22(23(25(24)34)32-13-3-1-2-4-14-32)31-21(27(35)36)15-17-5-7-19(8-6-17)30-26-20-16-28-11-9-18(20)10-12-29-26/h5-12,16,21,31H,1-4,13-15H2,(H,29,30)(H,35,36). The van der Waals surface area contributed by atoms with Crippen molar-refractivity contribution < 1.29 is 9.90 Å². The van der Waals surface area contributed by atoms with Gasteiger partial charge in [0.15, 0.2) is 0 Å². The first kappa shape index (κ1) is 23.5. The summed E-state index contributed by atoms with van der Waals surface area (Å²) in [6, 6.07) is 10.2. The molecule has 1 unspecified atom stereocenters. The van der Waals surface area contributed by atoms with Crippen LogP contribution in [0.2, 0.25) is 0 Å². The van der Waals surface area contributed by atoms with Gasteiger partial charge in [0.1, 0.15) is 23.2 Å². The molecule has 0 saturated carbocycles. The van der Waals surface area contributed by atoms with Gasteiger partial charge in [-0.15, -0.1) is 0 Å². The number of carboxylic acid groups (broad SMARTS) is 1. The van der Waals surface area contributed by atoms with Crippen molar-refractivity contribution in [3.63, 3.8) is 0 Å². The van der Waals surface area contributed by atoms with Gasteiger partial charge in [0.2, 0.25) is 0 Å². The lowest BCUT2D eigenvalue weighted by molar-refractivity contribution is -0.137. The molecular weight excluding hydrogens is 458 g/mol. The molecule has 9 heteroatoms. The number of pyridine rings is 2. The van der Waals surface area contributed by atoms with E-state index < -0.39 is 22.9 Å². The first-order chi connectivity index (χ1) is 17.5. The van der Waals surface area contributed by atoms with Crippen molar-refractivity contribution in [3.8, 4) is 0 Å². The van der Waals surface area contributed by atoms with Gasteiger partial charge in [0.05, 0.1) is 0 Å². The second kappa shape index (κ2) is 10.2. The van der Waals surface area contributed by atoms with E-state index in [4.69, 9.17) is 0 Å². The summed E-state index contributed by atoms with van der Waals surface area (Å²) in [5.74, 6) is -0.404. The fourth-order valence-corrected chi connectivity index (χ4v) is 4.69. The van der Waals surface area contributed by atoms with Crippen LogP contribution in [-0.4, -0.2) is 40.2 Å². The summed E-state index contributed by atoms with van der Waals surface area (Å²) in [6.07, 6.45) is 9.44. The highest BCUT2D eigenvalue weighted by Crippen LogP contribution is 2.26. The summed E-state index contributed by atoms with van der Waals surface area (Å²) >= 11 is 0. The van der Waals surface area contributed by atoms with E-state index in [1.165, 1.54) is 0 Å². The number of aliphatic carboxylic acids is 1. The SMILES string of the molecule is O=C(O)C(Cc1ccc(Nc2nccc3ccncc23)cc1)Nc1c(N2CCCCCC2)c(=O)c1=O. The van der Waals surface area contributed by atoms with Crippen LogP contribution < -0.4 is 26.4 Å². The van der Waals surface area contributed by atoms with Gasteiger partial charge >= 0.3 is 5.97 Å². The second-order valence-electron chi connectivity index (χ2n) is 9.10. The van der Waals surface area contributed by atoms with Crippen molar-refractivity contribution in [2.45, 2.75) is 38.1 Å². The van der Waals surface area contributed by atoms with Crippen LogP contribution in [0, 0.1) is 0 Å². The molecule has 0 radical (unpaired) electrons. The number of nitrogens with one attached hydrogen (secondary N) is 2. The van der Waals surface area contributed by atoms with Crippen LogP contribution in [0.5, 0.6) is 0 Å². The quantitative estimate of drug-likeness (QED) is 0.322. The Balaban J connectivity index is 1.30. The van der Waals surface area contributed by atoms with Crippen molar-refractivity contribution in [1.82, 2.24) is 9.97 Å². The van der Waals surface area contributed by atoms with Gasteiger partial charge in [-0.05, 0) is 48.1 Å². The molecule has 1 atom stereocenters. The Kier molecular flexibility index (Phi) is 6.62. The summed E-state index contributed by atoms with van der Waals surface area (Å²) < 4.78 is 0. The molecule has 3 heterocycles. The third-order valence-corrected chi connectivity index (χ3v) is 6.65. The number of rotatable bonds is 8. The molecule has 0 aliphatic carbocycles. The molecule has 184 valence electrons. The lowest BCUT2D eigenvalue weighted by atomic mass is 10.0. The van der Waals surface area contributed by atoms with E-state index in [0.717, 1.165) is 47.7 Å². The van der Waals surface area contributed by atoms with Crippen LogP contribution >= 0.6 is 0 Å². The molecule has 0 spiro atoms. The first-order valence-corrected chi connectivity index (χ1v) is 12.1. The van der Waals surface area contributed by atoms with Crippen molar-refractivity contribution in [2.75, 3.05) is 28.6 Å². The normalized spacial score (nSPS) is 14.9. The molecule has 0 amide bonds. The van der Waals surface area contributed by atoms with E-state index in [1.54, 1.807) is 18.6 Å². The maximum absolute atomic E-state index is 12.3. The van der Waals surface area contributed by atoms with Gasteiger partial charge < -0.3 is 20.6 Å². The average molecular weight is 486 g/mol. The molecule has 4 aromatic rings. The van der Waals surface area contributed by atoms with E-state index in [0.29, 0.717) is 24.6 Å². The van der Waals surface area contributed by atoms with Gasteiger partial charge in [-0.2, -0.15) is 0 Å². The Hall–Kier alpha value is -4.27. The van der Waals surface area contributed by atoms with Crippen LogP contribution in [0.3, 0.4) is 0 Å². The number of hydrogen-bond donors (Lipinski definition) is 3. The first-order valence-electron chi connectivity index (χ1n) is 12.1. The molecule has 9 nitrogen and oxygen atoms in total. The largest absolute Gasteiger partial charge is 0.480 e. The van der Waals surface area contributed by atoms with E-state index in [9.17, 15) is 19.5 Å². The predicted molar refractivity (Wildman–Crippen MR) is 140 cm³/mol. The van der Waals surface area contributed by atoms with Crippen molar-refractivity contribution >= 4 is 39.6 Å². The summed E-state index contributed by atoms with van der Waals surface area (Å²) in [5, 5.41) is 17.9. The Bertz CT molecular complexity index is 1450. The van der Waals surface area contributed by atoms with Crippen LogP contribution in [0.25, 0.3) is 10.8 Å². The third kappa shape index (κ3) is 4.77. The van der Waals surface area contributed by atoms with Crippen LogP contribution in [0.15, 0.2) is 64.6 Å². The van der Waals surface area contributed by atoms with Gasteiger partial charge in [-0.1, -0.05) is 25.0 Å². The lowest BCUT2D eigenvalue weighted by Gasteiger charge is -2.27. The maximum Gasteiger partial charge on any atom is 0.326 e. The minimum atomic E-state index is -1.08. The number of aromatic nitrogens is 2. The number of hydrogen-bond acceptors (Lipinski definition) is 8. The zero-order chi connectivity index (χ0) is 25.1. The van der Waals surface area contributed by atoms with Crippen molar-refractivity contribution in [3.05, 3.63) is 81.0 Å². The smallest absolute Gasteiger partial charge is 0.326 e. The van der Waals surface area contributed by atoms with Crippen molar-refractivity contribution in [2.24, 2.45) is 0 Å². The van der Waals surface area contributed by atoms with E-state index in [-0.39, 0.29) is 12.1 Å². The molecule has 1 aliphatic rings. The van der Waals surface area contributed by atoms with Crippen LogP contribution in [-0.2, 0) is 11.2 Å². The number of anilines is 4. The number of nitrogens with zero attached hydrogens (tertiary/aromatic N) is 3. The molecule has 0 bridgehead atoms. The number of carboxylic acids is 1. The number of fused-ring (bicyclic) bond motifs is 1. The van der Waals surface area contributed by atoms with Gasteiger partial charge in [-0.25, -0.2) is 9.78 Å². The minimum absolute atomic E-state index is 0.128. The third-order valence-electron chi connectivity index (χ3n) is 6.65. The summed E-state index contributed by atoms with van der Waals surface area (Å²) in [7, 11) is 0. The maximum atomic E-state index is 12.3. The zero-order valence-corrected chi connectivity index (χ0v) is 19.7. The highest BCUT2D eigenvalue weighted by molar-refractivity contribution is 5.92.